The highest BCUT2D eigenvalue weighted by Gasteiger charge is 2.38. The maximum Gasteiger partial charge on any atom is 0.152 e. The molecule has 0 spiro atoms. The molecule has 0 heterocycles. The first-order chi connectivity index (χ1) is 5.46. The number of sulfone groups is 1. The first-order valence-electron chi connectivity index (χ1n) is 4.33. The van der Waals surface area contributed by atoms with Crippen LogP contribution in [0.25, 0.3) is 0 Å². The van der Waals surface area contributed by atoms with Crippen LogP contribution in [0.15, 0.2) is 0 Å². The Kier molecular flexibility index (Phi) is 2.78. The highest BCUT2D eigenvalue weighted by molar-refractivity contribution is 7.91. The summed E-state index contributed by atoms with van der Waals surface area (Å²) in [7, 11) is -3.07. The van der Waals surface area contributed by atoms with E-state index in [4.69, 9.17) is 0 Å². The van der Waals surface area contributed by atoms with Crippen LogP contribution >= 0.6 is 0 Å². The first-order valence-corrected chi connectivity index (χ1v) is 6.29. The molecule has 12 heavy (non-hydrogen) atoms. The van der Waals surface area contributed by atoms with Crippen molar-refractivity contribution in [1.29, 1.82) is 0 Å². The van der Waals surface area contributed by atoms with E-state index in [-0.39, 0.29) is 5.92 Å². The van der Waals surface area contributed by atoms with Gasteiger partial charge in [0.15, 0.2) is 9.84 Å². The van der Waals surface area contributed by atoms with Gasteiger partial charge in [0.05, 0.1) is 11.4 Å². The molecule has 1 aliphatic carbocycles. The average molecular weight is 192 g/mol. The standard InChI is InChI=1S/C8H16O3S/c1-3-7(12(2,10)11)8(9)6-4-5-6/h6-9H,3-5H2,1-2H3/t7-,8+/m1/s1. The molecule has 0 aromatic rings. The first kappa shape index (κ1) is 9.99. The molecule has 0 aromatic heterocycles. The van der Waals surface area contributed by atoms with Crippen LogP contribution in [0.4, 0.5) is 0 Å². The SMILES string of the molecule is CC[C@H]([C@@H](O)C1CC1)S(C)(=O)=O. The molecule has 72 valence electrons. The number of hydrogen-bond acceptors (Lipinski definition) is 3. The quantitative estimate of drug-likeness (QED) is 0.709. The predicted molar refractivity (Wildman–Crippen MR) is 47.7 cm³/mol. The van der Waals surface area contributed by atoms with Crippen LogP contribution < -0.4 is 0 Å². The number of aliphatic hydroxyl groups excluding tert-OH is 1. The molecule has 0 bridgehead atoms. The zero-order chi connectivity index (χ0) is 9.35. The zero-order valence-corrected chi connectivity index (χ0v) is 8.34. The molecule has 3 nitrogen and oxygen atoms in total. The van der Waals surface area contributed by atoms with Gasteiger partial charge in [-0.05, 0) is 25.2 Å². The normalized spacial score (nSPS) is 23.6. The predicted octanol–water partition coefficient (Wildman–Crippen LogP) is 0.581. The van der Waals surface area contributed by atoms with Gasteiger partial charge in [-0.2, -0.15) is 0 Å². The molecule has 4 heteroatoms. The summed E-state index contributed by atoms with van der Waals surface area (Å²) in [6.07, 6.45) is 3.04. The van der Waals surface area contributed by atoms with Crippen molar-refractivity contribution in [3.8, 4) is 0 Å². The van der Waals surface area contributed by atoms with Gasteiger partial charge < -0.3 is 5.11 Å². The Bertz CT molecular complexity index is 241. The van der Waals surface area contributed by atoms with Gasteiger partial charge in [0.25, 0.3) is 0 Å². The lowest BCUT2D eigenvalue weighted by Gasteiger charge is -2.18. The fraction of sp³-hybridized carbons (Fsp3) is 1.00. The number of aliphatic hydroxyl groups is 1. The summed E-state index contributed by atoms with van der Waals surface area (Å²) >= 11 is 0. The van der Waals surface area contributed by atoms with Crippen molar-refractivity contribution in [3.05, 3.63) is 0 Å². The summed E-state index contributed by atoms with van der Waals surface area (Å²) in [4.78, 5) is 0. The van der Waals surface area contributed by atoms with Crippen LogP contribution in [-0.4, -0.2) is 31.1 Å². The lowest BCUT2D eigenvalue weighted by atomic mass is 10.1. The molecule has 1 fully saturated rings. The van der Waals surface area contributed by atoms with E-state index in [1.165, 1.54) is 6.26 Å². The van der Waals surface area contributed by atoms with Gasteiger partial charge >= 0.3 is 0 Å². The molecule has 0 aromatic carbocycles. The zero-order valence-electron chi connectivity index (χ0n) is 7.53. The van der Waals surface area contributed by atoms with E-state index >= 15 is 0 Å². The van der Waals surface area contributed by atoms with Crippen LogP contribution in [-0.2, 0) is 9.84 Å². The van der Waals surface area contributed by atoms with Crippen LogP contribution in [0, 0.1) is 5.92 Å². The van der Waals surface area contributed by atoms with Crippen molar-refractivity contribution < 1.29 is 13.5 Å². The van der Waals surface area contributed by atoms with Crippen molar-refractivity contribution >= 4 is 9.84 Å². The van der Waals surface area contributed by atoms with Gasteiger partial charge in [-0.25, -0.2) is 8.42 Å². The highest BCUT2D eigenvalue weighted by Crippen LogP contribution is 2.36. The van der Waals surface area contributed by atoms with Crippen LogP contribution in [0.3, 0.4) is 0 Å². The highest BCUT2D eigenvalue weighted by atomic mass is 32.2. The fourth-order valence-corrected chi connectivity index (χ4v) is 2.87. The van der Waals surface area contributed by atoms with E-state index in [0.29, 0.717) is 6.42 Å². The average Bonchev–Trinajstić information content (AvgIpc) is 2.65. The minimum absolute atomic E-state index is 0.240. The molecule has 1 aliphatic rings. The van der Waals surface area contributed by atoms with E-state index in [2.05, 4.69) is 0 Å². The van der Waals surface area contributed by atoms with E-state index in [1.54, 1.807) is 6.92 Å². The molecule has 1 N–H and O–H groups in total. The minimum atomic E-state index is -3.07. The second kappa shape index (κ2) is 3.34. The Labute approximate surface area is 73.7 Å². The molecule has 0 saturated heterocycles. The molecule has 0 radical (unpaired) electrons. The van der Waals surface area contributed by atoms with E-state index < -0.39 is 21.2 Å². The smallest absolute Gasteiger partial charge is 0.152 e. The molecule has 2 atom stereocenters. The summed E-state index contributed by atoms with van der Waals surface area (Å²) in [6.45, 7) is 1.80. The molecular formula is C8H16O3S. The Hall–Kier alpha value is -0.0900. The summed E-state index contributed by atoms with van der Waals surface area (Å²) < 4.78 is 22.4. The van der Waals surface area contributed by atoms with Gasteiger partial charge in [-0.1, -0.05) is 6.92 Å². The second-order valence-electron chi connectivity index (χ2n) is 3.60. The number of hydrogen-bond donors (Lipinski definition) is 1. The fourth-order valence-electron chi connectivity index (χ4n) is 1.54. The third-order valence-electron chi connectivity index (χ3n) is 2.44. The molecule has 1 saturated carbocycles. The monoisotopic (exact) mass is 192 g/mol. The van der Waals surface area contributed by atoms with Crippen LogP contribution in [0.2, 0.25) is 0 Å². The van der Waals surface area contributed by atoms with Crippen LogP contribution in [0.5, 0.6) is 0 Å². The minimum Gasteiger partial charge on any atom is -0.391 e. The Morgan fingerprint density at radius 2 is 2.00 bits per heavy atom. The summed E-state index contributed by atoms with van der Waals surface area (Å²) in [5.41, 5.74) is 0. The van der Waals surface area contributed by atoms with Gasteiger partial charge in [0.2, 0.25) is 0 Å². The van der Waals surface area contributed by atoms with Gasteiger partial charge in [0, 0.05) is 6.26 Å². The van der Waals surface area contributed by atoms with Crippen molar-refractivity contribution in [2.24, 2.45) is 5.92 Å². The molecule has 0 aliphatic heterocycles. The van der Waals surface area contributed by atoms with Gasteiger partial charge in [-0.15, -0.1) is 0 Å². The Morgan fingerprint density at radius 1 is 1.50 bits per heavy atom. The van der Waals surface area contributed by atoms with E-state index in [1.807, 2.05) is 0 Å². The van der Waals surface area contributed by atoms with E-state index in [0.717, 1.165) is 12.8 Å². The number of rotatable bonds is 4. The summed E-state index contributed by atoms with van der Waals surface area (Å²) in [5.74, 6) is 0.240. The topological polar surface area (TPSA) is 54.4 Å². The molecule has 0 amide bonds. The maximum absolute atomic E-state index is 11.2. The lowest BCUT2D eigenvalue weighted by molar-refractivity contribution is 0.143. The van der Waals surface area contributed by atoms with Gasteiger partial charge in [0.1, 0.15) is 0 Å². The molecule has 1 rings (SSSR count). The summed E-state index contributed by atoms with van der Waals surface area (Å²) in [5, 5.41) is 9.05. The molecule has 0 unspecified atom stereocenters. The Morgan fingerprint density at radius 3 is 2.25 bits per heavy atom. The van der Waals surface area contributed by atoms with Crippen LogP contribution in [0.1, 0.15) is 26.2 Å². The Balaban J connectivity index is 2.67. The third-order valence-corrected chi connectivity index (χ3v) is 4.15. The van der Waals surface area contributed by atoms with Crippen molar-refractivity contribution in [3.63, 3.8) is 0 Å². The second-order valence-corrected chi connectivity index (χ2v) is 5.87. The van der Waals surface area contributed by atoms with E-state index in [9.17, 15) is 13.5 Å². The molecular weight excluding hydrogens is 176 g/mol. The van der Waals surface area contributed by atoms with Crippen molar-refractivity contribution in [2.45, 2.75) is 37.5 Å². The summed E-state index contributed by atoms with van der Waals surface area (Å²) in [6, 6.07) is 0. The van der Waals surface area contributed by atoms with Crippen molar-refractivity contribution in [1.82, 2.24) is 0 Å². The van der Waals surface area contributed by atoms with Crippen molar-refractivity contribution in [2.75, 3.05) is 6.26 Å². The maximum atomic E-state index is 11.2. The third kappa shape index (κ3) is 2.20. The largest absolute Gasteiger partial charge is 0.391 e. The lowest BCUT2D eigenvalue weighted by Crippen LogP contribution is -2.34. The van der Waals surface area contributed by atoms with Gasteiger partial charge in [-0.3, -0.25) is 0 Å².